The van der Waals surface area contributed by atoms with Gasteiger partial charge in [0.1, 0.15) is 5.82 Å². The summed E-state index contributed by atoms with van der Waals surface area (Å²) in [6.45, 7) is 2.66. The smallest absolute Gasteiger partial charge is 0.344 e. The lowest BCUT2D eigenvalue weighted by Gasteiger charge is -2.12. The second kappa shape index (κ2) is 10.4. The molecule has 6 nitrogen and oxygen atoms in total. The van der Waals surface area contributed by atoms with Crippen LogP contribution in [0.25, 0.3) is 0 Å². The number of anilines is 1. The van der Waals surface area contributed by atoms with Crippen LogP contribution in [0.1, 0.15) is 17.0 Å². The maximum Gasteiger partial charge on any atom is 0.398 e. The summed E-state index contributed by atoms with van der Waals surface area (Å²) in [4.78, 5) is 28.9. The lowest BCUT2D eigenvalue weighted by molar-refractivity contribution is -0.136. The largest absolute Gasteiger partial charge is 0.398 e. The van der Waals surface area contributed by atoms with Gasteiger partial charge in [0.25, 0.3) is 0 Å². The number of carbonyl (C=O) groups excluding carboxylic acids is 2. The summed E-state index contributed by atoms with van der Waals surface area (Å²) >= 11 is 0.544. The zero-order chi connectivity index (χ0) is 23.1. The number of halogens is 3. The van der Waals surface area contributed by atoms with Crippen molar-refractivity contribution in [1.82, 2.24) is 14.9 Å². The van der Waals surface area contributed by atoms with E-state index in [9.17, 15) is 22.8 Å². The number of aromatic nitrogens is 2. The number of nitrogens with zero attached hydrogens (tertiary/aromatic N) is 2. The summed E-state index contributed by atoms with van der Waals surface area (Å²) < 4.78 is 39.5. The van der Waals surface area contributed by atoms with Crippen LogP contribution in [0.3, 0.4) is 0 Å². The van der Waals surface area contributed by atoms with Crippen molar-refractivity contribution in [1.29, 1.82) is 0 Å². The molecule has 1 aromatic heterocycles. The Balaban J connectivity index is 1.56. The Hall–Kier alpha value is -3.27. The van der Waals surface area contributed by atoms with E-state index in [1.54, 1.807) is 18.3 Å². The fourth-order valence-corrected chi connectivity index (χ4v) is 3.67. The molecule has 0 aliphatic carbocycles. The average Bonchev–Trinajstić information content (AvgIpc) is 3.15. The van der Waals surface area contributed by atoms with Gasteiger partial charge in [-0.1, -0.05) is 36.4 Å². The molecule has 0 radical (unpaired) electrons. The SMILES string of the molecule is Cc1nccn1Cc1cccc(CNC(=O)C(=O)Nc2ccccc2SCC(F)(F)F)c1. The summed E-state index contributed by atoms with van der Waals surface area (Å²) in [5, 5.41) is 4.92. The van der Waals surface area contributed by atoms with Gasteiger partial charge < -0.3 is 15.2 Å². The van der Waals surface area contributed by atoms with Gasteiger partial charge in [0.15, 0.2) is 0 Å². The van der Waals surface area contributed by atoms with Crippen molar-refractivity contribution in [2.24, 2.45) is 0 Å². The van der Waals surface area contributed by atoms with Crippen molar-refractivity contribution in [3.63, 3.8) is 0 Å². The van der Waals surface area contributed by atoms with Crippen LogP contribution < -0.4 is 10.6 Å². The predicted molar refractivity (Wildman–Crippen MR) is 116 cm³/mol. The van der Waals surface area contributed by atoms with Crippen molar-refractivity contribution in [2.45, 2.75) is 31.1 Å². The number of alkyl halides is 3. The third kappa shape index (κ3) is 6.88. The van der Waals surface area contributed by atoms with E-state index in [-0.39, 0.29) is 17.1 Å². The normalized spacial score (nSPS) is 11.2. The molecular formula is C22H21F3N4O2S. The van der Waals surface area contributed by atoms with E-state index < -0.39 is 23.7 Å². The van der Waals surface area contributed by atoms with E-state index in [1.807, 2.05) is 42.0 Å². The first-order chi connectivity index (χ1) is 15.2. The number of imidazole rings is 1. The molecule has 0 spiro atoms. The summed E-state index contributed by atoms with van der Waals surface area (Å²) in [6.07, 6.45) is -0.749. The van der Waals surface area contributed by atoms with Gasteiger partial charge in [-0.15, -0.1) is 11.8 Å². The standard InChI is InChI=1S/C22H21F3N4O2S/c1-15-26-9-10-29(15)13-17-6-4-5-16(11-17)12-27-20(30)21(31)28-18-7-2-3-8-19(18)32-14-22(23,24)25/h2-11H,12-14H2,1H3,(H,27,30)(H,28,31). The number of thioether (sulfide) groups is 1. The van der Waals surface area contributed by atoms with Gasteiger partial charge in [-0.25, -0.2) is 4.98 Å². The molecule has 32 heavy (non-hydrogen) atoms. The fraction of sp³-hybridized carbons (Fsp3) is 0.227. The molecule has 3 aromatic rings. The summed E-state index contributed by atoms with van der Waals surface area (Å²) in [5.74, 6) is -2.04. The van der Waals surface area contributed by atoms with Crippen molar-refractivity contribution in [3.8, 4) is 0 Å². The highest BCUT2D eigenvalue weighted by molar-refractivity contribution is 7.99. The van der Waals surface area contributed by atoms with Crippen LogP contribution in [-0.2, 0) is 22.7 Å². The van der Waals surface area contributed by atoms with E-state index in [2.05, 4.69) is 15.6 Å². The molecule has 0 bridgehead atoms. The number of aryl methyl sites for hydroxylation is 1. The molecular weight excluding hydrogens is 441 g/mol. The van der Waals surface area contributed by atoms with Gasteiger partial charge in [-0.2, -0.15) is 13.2 Å². The minimum Gasteiger partial charge on any atom is -0.344 e. The van der Waals surface area contributed by atoms with Crippen LogP contribution in [0.15, 0.2) is 65.8 Å². The fourth-order valence-electron chi connectivity index (χ4n) is 2.90. The second-order valence-electron chi connectivity index (χ2n) is 6.96. The zero-order valence-corrected chi connectivity index (χ0v) is 18.0. The Kier molecular flexibility index (Phi) is 7.57. The molecule has 2 amide bonds. The number of benzene rings is 2. The molecule has 10 heteroatoms. The third-order valence-corrected chi connectivity index (χ3v) is 5.59. The molecule has 1 heterocycles. The first kappa shape index (κ1) is 23.4. The van der Waals surface area contributed by atoms with Crippen molar-refractivity contribution >= 4 is 29.3 Å². The third-order valence-electron chi connectivity index (χ3n) is 4.45. The quantitative estimate of drug-likeness (QED) is 0.409. The highest BCUT2D eigenvalue weighted by Gasteiger charge is 2.28. The van der Waals surface area contributed by atoms with E-state index >= 15 is 0 Å². The molecule has 0 aliphatic rings. The van der Waals surface area contributed by atoms with Gasteiger partial charge in [-0.3, -0.25) is 9.59 Å². The first-order valence-electron chi connectivity index (χ1n) is 9.64. The maximum atomic E-state index is 12.5. The first-order valence-corrected chi connectivity index (χ1v) is 10.6. The van der Waals surface area contributed by atoms with Gasteiger partial charge in [-0.05, 0) is 30.2 Å². The number of hydrogen-bond donors (Lipinski definition) is 2. The zero-order valence-electron chi connectivity index (χ0n) is 17.1. The Morgan fingerprint density at radius 3 is 2.53 bits per heavy atom. The van der Waals surface area contributed by atoms with E-state index in [4.69, 9.17) is 0 Å². The maximum absolute atomic E-state index is 12.5. The average molecular weight is 462 g/mol. The number of amides is 2. The van der Waals surface area contributed by atoms with E-state index in [0.717, 1.165) is 17.0 Å². The number of hydrogen-bond acceptors (Lipinski definition) is 4. The monoisotopic (exact) mass is 462 g/mol. The van der Waals surface area contributed by atoms with Crippen LogP contribution >= 0.6 is 11.8 Å². The molecule has 0 saturated heterocycles. The number of rotatable bonds is 7. The molecule has 0 unspecified atom stereocenters. The minimum absolute atomic E-state index is 0.132. The highest BCUT2D eigenvalue weighted by Crippen LogP contribution is 2.32. The molecule has 2 N–H and O–H groups in total. The van der Waals surface area contributed by atoms with Crippen molar-refractivity contribution in [3.05, 3.63) is 77.9 Å². The minimum atomic E-state index is -4.34. The van der Waals surface area contributed by atoms with E-state index in [0.29, 0.717) is 18.3 Å². The highest BCUT2D eigenvalue weighted by atomic mass is 32.2. The second-order valence-corrected chi connectivity index (χ2v) is 7.98. The van der Waals surface area contributed by atoms with Crippen LogP contribution in [0.5, 0.6) is 0 Å². The van der Waals surface area contributed by atoms with Crippen LogP contribution in [-0.4, -0.2) is 33.3 Å². The lowest BCUT2D eigenvalue weighted by atomic mass is 10.1. The molecule has 0 aliphatic heterocycles. The van der Waals surface area contributed by atoms with E-state index in [1.165, 1.54) is 12.1 Å². The van der Waals surface area contributed by atoms with Gasteiger partial charge >= 0.3 is 18.0 Å². The number of nitrogens with one attached hydrogen (secondary N) is 2. The Bertz CT molecular complexity index is 1100. The Labute approximate surface area is 187 Å². The van der Waals surface area contributed by atoms with Crippen molar-refractivity contribution in [2.75, 3.05) is 11.1 Å². The lowest BCUT2D eigenvalue weighted by Crippen LogP contribution is -2.35. The van der Waals surface area contributed by atoms with Crippen LogP contribution in [0, 0.1) is 6.92 Å². The molecule has 3 rings (SSSR count). The number of para-hydroxylation sites is 1. The molecule has 168 valence electrons. The Morgan fingerprint density at radius 1 is 1.06 bits per heavy atom. The summed E-state index contributed by atoms with van der Waals surface area (Å²) in [5.41, 5.74) is 1.97. The summed E-state index contributed by atoms with van der Waals surface area (Å²) in [7, 11) is 0. The van der Waals surface area contributed by atoms with Crippen molar-refractivity contribution < 1.29 is 22.8 Å². The molecule has 0 fully saturated rings. The predicted octanol–water partition coefficient (Wildman–Crippen LogP) is 4.15. The Morgan fingerprint density at radius 2 is 1.81 bits per heavy atom. The molecule has 0 saturated carbocycles. The van der Waals surface area contributed by atoms with Crippen LogP contribution in [0.2, 0.25) is 0 Å². The number of carbonyl (C=O) groups is 2. The topological polar surface area (TPSA) is 76.0 Å². The van der Waals surface area contributed by atoms with Gasteiger partial charge in [0.05, 0.1) is 11.4 Å². The summed E-state index contributed by atoms with van der Waals surface area (Å²) in [6, 6.07) is 13.6. The van der Waals surface area contributed by atoms with Crippen LogP contribution in [0.4, 0.5) is 18.9 Å². The van der Waals surface area contributed by atoms with Gasteiger partial charge in [0, 0.05) is 30.4 Å². The van der Waals surface area contributed by atoms with Gasteiger partial charge in [0.2, 0.25) is 0 Å². The molecule has 2 aromatic carbocycles. The molecule has 0 atom stereocenters.